The first-order chi connectivity index (χ1) is 12.1. The van der Waals surface area contributed by atoms with Gasteiger partial charge in [0.05, 0.1) is 6.04 Å². The molecule has 0 aliphatic carbocycles. The van der Waals surface area contributed by atoms with Gasteiger partial charge in [0.1, 0.15) is 0 Å². The fourth-order valence-corrected chi connectivity index (χ4v) is 2.64. The van der Waals surface area contributed by atoms with Gasteiger partial charge in [0.15, 0.2) is 0 Å². The second-order valence-corrected chi connectivity index (χ2v) is 6.22. The fraction of sp³-hybridized carbons (Fsp3) is 0.350. The summed E-state index contributed by atoms with van der Waals surface area (Å²) in [6, 6.07) is 17.6. The van der Waals surface area contributed by atoms with Gasteiger partial charge in [0, 0.05) is 32.9 Å². The highest BCUT2D eigenvalue weighted by Gasteiger charge is 2.13. The van der Waals surface area contributed by atoms with E-state index in [2.05, 4.69) is 16.7 Å². The van der Waals surface area contributed by atoms with E-state index in [1.807, 2.05) is 67.5 Å². The molecule has 0 fully saturated rings. The maximum Gasteiger partial charge on any atom is 0.315 e. The quantitative estimate of drug-likeness (QED) is 0.691. The van der Waals surface area contributed by atoms with E-state index in [1.165, 1.54) is 0 Å². The molecule has 0 bridgehead atoms. The van der Waals surface area contributed by atoms with Gasteiger partial charge in [-0.1, -0.05) is 42.5 Å². The van der Waals surface area contributed by atoms with Crippen molar-refractivity contribution in [3.05, 3.63) is 65.7 Å². The van der Waals surface area contributed by atoms with Crippen molar-refractivity contribution < 1.29 is 9.90 Å². The number of nitrogens with one attached hydrogen (secondary N) is 2. The lowest BCUT2D eigenvalue weighted by Gasteiger charge is -2.19. The first kappa shape index (κ1) is 18.8. The molecule has 0 aromatic heterocycles. The minimum absolute atomic E-state index is 0.110. The zero-order chi connectivity index (χ0) is 18.1. The van der Waals surface area contributed by atoms with Crippen LogP contribution in [0, 0.1) is 0 Å². The van der Waals surface area contributed by atoms with Gasteiger partial charge in [-0.15, -0.1) is 0 Å². The number of aliphatic hydroxyl groups excluding tert-OH is 1. The van der Waals surface area contributed by atoms with Crippen LogP contribution in [0.5, 0.6) is 0 Å². The van der Waals surface area contributed by atoms with Crippen LogP contribution in [0.2, 0.25) is 0 Å². The number of hydrogen-bond donors (Lipinski definition) is 3. The molecule has 1 atom stereocenters. The average Bonchev–Trinajstić information content (AvgIpc) is 2.64. The monoisotopic (exact) mass is 341 g/mol. The number of nitrogens with zero attached hydrogens (tertiary/aromatic N) is 1. The molecule has 5 nitrogen and oxygen atoms in total. The molecule has 2 rings (SSSR count). The van der Waals surface area contributed by atoms with Crippen molar-refractivity contribution in [3.8, 4) is 0 Å². The largest absolute Gasteiger partial charge is 0.396 e. The van der Waals surface area contributed by atoms with Crippen molar-refractivity contribution in [3.63, 3.8) is 0 Å². The number of urea groups is 1. The SMILES string of the molecule is CN(C)c1cccc(CNC(=O)NC(CCCO)c2ccccc2)c1. The Morgan fingerprint density at radius 2 is 1.88 bits per heavy atom. The molecule has 0 saturated heterocycles. The van der Waals surface area contributed by atoms with Crippen LogP contribution in [0.25, 0.3) is 0 Å². The summed E-state index contributed by atoms with van der Waals surface area (Å²) in [5, 5.41) is 15.0. The van der Waals surface area contributed by atoms with Crippen LogP contribution in [0.3, 0.4) is 0 Å². The minimum atomic E-state index is -0.206. The molecule has 0 spiro atoms. The number of anilines is 1. The lowest BCUT2D eigenvalue weighted by atomic mass is 10.0. The number of benzene rings is 2. The summed E-state index contributed by atoms with van der Waals surface area (Å²) < 4.78 is 0. The molecule has 2 amide bonds. The van der Waals surface area contributed by atoms with E-state index in [4.69, 9.17) is 5.11 Å². The third kappa shape index (κ3) is 6.12. The topological polar surface area (TPSA) is 64.6 Å². The molecule has 3 N–H and O–H groups in total. The molecule has 1 unspecified atom stereocenters. The van der Waals surface area contributed by atoms with Crippen LogP contribution < -0.4 is 15.5 Å². The molecule has 5 heteroatoms. The predicted octanol–water partition coefficient (Wildman–Crippen LogP) is 3.07. The Morgan fingerprint density at radius 3 is 2.56 bits per heavy atom. The lowest BCUT2D eigenvalue weighted by Crippen LogP contribution is -2.37. The van der Waals surface area contributed by atoms with Gasteiger partial charge in [-0.05, 0) is 36.1 Å². The van der Waals surface area contributed by atoms with Gasteiger partial charge in [0.2, 0.25) is 0 Å². The van der Waals surface area contributed by atoms with Crippen molar-refractivity contribution in [1.82, 2.24) is 10.6 Å². The molecule has 25 heavy (non-hydrogen) atoms. The van der Waals surface area contributed by atoms with E-state index >= 15 is 0 Å². The Balaban J connectivity index is 1.93. The van der Waals surface area contributed by atoms with Crippen molar-refractivity contribution in [2.75, 3.05) is 25.6 Å². The second-order valence-electron chi connectivity index (χ2n) is 6.22. The summed E-state index contributed by atoms with van der Waals surface area (Å²) in [5.41, 5.74) is 3.19. The third-order valence-electron chi connectivity index (χ3n) is 4.04. The highest BCUT2D eigenvalue weighted by atomic mass is 16.3. The summed E-state index contributed by atoms with van der Waals surface area (Å²) >= 11 is 0. The molecule has 0 aliphatic heterocycles. The van der Waals surface area contributed by atoms with Crippen LogP contribution in [-0.2, 0) is 6.54 Å². The first-order valence-corrected chi connectivity index (χ1v) is 8.56. The fourth-order valence-electron chi connectivity index (χ4n) is 2.64. The molecular weight excluding hydrogens is 314 g/mol. The summed E-state index contributed by atoms with van der Waals surface area (Å²) in [4.78, 5) is 14.3. The molecule has 0 heterocycles. The minimum Gasteiger partial charge on any atom is -0.396 e. The van der Waals surface area contributed by atoms with Crippen molar-refractivity contribution in [1.29, 1.82) is 0 Å². The molecule has 2 aromatic rings. The highest BCUT2D eigenvalue weighted by molar-refractivity contribution is 5.74. The van der Waals surface area contributed by atoms with Gasteiger partial charge in [-0.25, -0.2) is 4.79 Å². The Morgan fingerprint density at radius 1 is 1.12 bits per heavy atom. The van der Waals surface area contributed by atoms with E-state index < -0.39 is 0 Å². The normalized spacial score (nSPS) is 11.6. The summed E-state index contributed by atoms with van der Waals surface area (Å²) in [7, 11) is 3.98. The third-order valence-corrected chi connectivity index (χ3v) is 4.04. The van der Waals surface area contributed by atoms with E-state index in [0.717, 1.165) is 16.8 Å². The Labute approximate surface area is 149 Å². The zero-order valence-corrected chi connectivity index (χ0v) is 14.9. The summed E-state index contributed by atoms with van der Waals surface area (Å²) in [6.07, 6.45) is 1.34. The molecule has 0 saturated carbocycles. The summed E-state index contributed by atoms with van der Waals surface area (Å²) in [6.45, 7) is 0.582. The smallest absolute Gasteiger partial charge is 0.315 e. The van der Waals surface area contributed by atoms with Crippen LogP contribution in [-0.4, -0.2) is 31.8 Å². The molecular formula is C20H27N3O2. The number of carbonyl (C=O) groups is 1. The maximum absolute atomic E-state index is 12.3. The van der Waals surface area contributed by atoms with Crippen LogP contribution >= 0.6 is 0 Å². The maximum atomic E-state index is 12.3. The molecule has 0 aliphatic rings. The van der Waals surface area contributed by atoms with E-state index in [1.54, 1.807) is 0 Å². The van der Waals surface area contributed by atoms with Crippen molar-refractivity contribution in [2.45, 2.75) is 25.4 Å². The van der Waals surface area contributed by atoms with Crippen molar-refractivity contribution in [2.24, 2.45) is 0 Å². The number of rotatable bonds is 8. The molecule has 2 aromatic carbocycles. The van der Waals surface area contributed by atoms with Gasteiger partial charge >= 0.3 is 6.03 Å². The lowest BCUT2D eigenvalue weighted by molar-refractivity contribution is 0.232. The Bertz CT molecular complexity index is 659. The van der Waals surface area contributed by atoms with Gasteiger partial charge in [-0.3, -0.25) is 0 Å². The molecule has 134 valence electrons. The first-order valence-electron chi connectivity index (χ1n) is 8.56. The Kier molecular flexibility index (Phi) is 7.29. The number of amides is 2. The number of aliphatic hydroxyl groups is 1. The Hall–Kier alpha value is -2.53. The van der Waals surface area contributed by atoms with Gasteiger partial charge in [0.25, 0.3) is 0 Å². The van der Waals surface area contributed by atoms with E-state index in [-0.39, 0.29) is 18.7 Å². The highest BCUT2D eigenvalue weighted by Crippen LogP contribution is 2.18. The van der Waals surface area contributed by atoms with E-state index in [9.17, 15) is 4.79 Å². The average molecular weight is 341 g/mol. The van der Waals surface area contributed by atoms with Gasteiger partial charge < -0.3 is 20.6 Å². The second kappa shape index (κ2) is 9.69. The van der Waals surface area contributed by atoms with Crippen LogP contribution in [0.15, 0.2) is 54.6 Å². The summed E-state index contributed by atoms with van der Waals surface area (Å²) in [5.74, 6) is 0. The predicted molar refractivity (Wildman–Crippen MR) is 102 cm³/mol. The van der Waals surface area contributed by atoms with Crippen LogP contribution in [0.4, 0.5) is 10.5 Å². The van der Waals surface area contributed by atoms with Crippen LogP contribution in [0.1, 0.15) is 30.0 Å². The molecule has 0 radical (unpaired) electrons. The standard InChI is InChI=1S/C20H27N3O2/c1-23(2)18-11-6-8-16(14-18)15-21-20(25)22-19(12-7-13-24)17-9-4-3-5-10-17/h3-6,8-11,14,19,24H,7,12-13,15H2,1-2H3,(H2,21,22,25). The van der Waals surface area contributed by atoms with Crippen molar-refractivity contribution >= 4 is 11.7 Å². The van der Waals surface area contributed by atoms with Gasteiger partial charge in [-0.2, -0.15) is 0 Å². The number of hydrogen-bond acceptors (Lipinski definition) is 3. The van der Waals surface area contributed by atoms with E-state index in [0.29, 0.717) is 19.4 Å². The number of carbonyl (C=O) groups excluding carboxylic acids is 1. The zero-order valence-electron chi connectivity index (χ0n) is 14.9.